The zero-order valence-corrected chi connectivity index (χ0v) is 11.1. The Bertz CT molecular complexity index is 525. The minimum atomic E-state index is -0.280. The van der Waals surface area contributed by atoms with Crippen molar-refractivity contribution in [3.63, 3.8) is 0 Å². The van der Waals surface area contributed by atoms with Crippen LogP contribution in [0, 0.1) is 5.82 Å². The lowest BCUT2D eigenvalue weighted by Gasteiger charge is -2.08. The maximum Gasteiger partial charge on any atom is 0.315 e. The van der Waals surface area contributed by atoms with E-state index in [1.54, 1.807) is 24.7 Å². The van der Waals surface area contributed by atoms with Crippen molar-refractivity contribution in [3.05, 3.63) is 54.4 Å². The molecule has 0 aliphatic heterocycles. The van der Waals surface area contributed by atoms with Crippen LogP contribution in [0.2, 0.25) is 0 Å². The quantitative estimate of drug-likeness (QED) is 0.792. The SMILES string of the molecule is O=C(NCCCn1ccnc1)NCc1ccc(F)cc1. The van der Waals surface area contributed by atoms with Gasteiger partial charge < -0.3 is 15.2 Å². The molecule has 0 fully saturated rings. The predicted octanol–water partition coefficient (Wildman–Crippen LogP) is 1.91. The molecule has 2 aromatic rings. The van der Waals surface area contributed by atoms with Crippen molar-refractivity contribution in [2.45, 2.75) is 19.5 Å². The summed E-state index contributed by atoms with van der Waals surface area (Å²) in [7, 11) is 0. The Balaban J connectivity index is 1.59. The standard InChI is InChI=1S/C14H17FN4O/c15-13-4-2-12(3-5-13)10-18-14(20)17-6-1-8-19-9-7-16-11-19/h2-5,7,9,11H,1,6,8,10H2,(H2,17,18,20). The number of urea groups is 1. The van der Waals surface area contributed by atoms with Gasteiger partial charge in [0.1, 0.15) is 5.82 Å². The van der Waals surface area contributed by atoms with Gasteiger partial charge in [0.25, 0.3) is 0 Å². The second kappa shape index (κ2) is 7.28. The number of hydrogen-bond acceptors (Lipinski definition) is 2. The Kier molecular flexibility index (Phi) is 5.11. The first-order valence-electron chi connectivity index (χ1n) is 6.46. The number of amides is 2. The van der Waals surface area contributed by atoms with Gasteiger partial charge >= 0.3 is 6.03 Å². The molecule has 0 saturated carbocycles. The fourth-order valence-electron chi connectivity index (χ4n) is 1.73. The molecule has 0 atom stereocenters. The van der Waals surface area contributed by atoms with Crippen molar-refractivity contribution in [1.29, 1.82) is 0 Å². The summed E-state index contributed by atoms with van der Waals surface area (Å²) in [5, 5.41) is 5.49. The summed E-state index contributed by atoms with van der Waals surface area (Å²) < 4.78 is 14.7. The van der Waals surface area contributed by atoms with Crippen LogP contribution in [0.4, 0.5) is 9.18 Å². The fourth-order valence-corrected chi connectivity index (χ4v) is 1.73. The van der Waals surface area contributed by atoms with Crippen LogP contribution >= 0.6 is 0 Å². The minimum Gasteiger partial charge on any atom is -0.338 e. The predicted molar refractivity (Wildman–Crippen MR) is 73.5 cm³/mol. The van der Waals surface area contributed by atoms with Gasteiger partial charge in [0.05, 0.1) is 6.33 Å². The summed E-state index contributed by atoms with van der Waals surface area (Å²) in [6.07, 6.45) is 6.19. The van der Waals surface area contributed by atoms with Crippen LogP contribution in [0.1, 0.15) is 12.0 Å². The number of imidazole rings is 1. The van der Waals surface area contributed by atoms with E-state index in [-0.39, 0.29) is 11.8 Å². The third-order valence-electron chi connectivity index (χ3n) is 2.80. The molecular weight excluding hydrogens is 259 g/mol. The van der Waals surface area contributed by atoms with Crippen molar-refractivity contribution in [1.82, 2.24) is 20.2 Å². The van der Waals surface area contributed by atoms with Gasteiger partial charge in [-0.25, -0.2) is 14.2 Å². The third kappa shape index (κ3) is 4.72. The Labute approximate surface area is 116 Å². The summed E-state index contributed by atoms with van der Waals surface area (Å²) in [5.41, 5.74) is 0.861. The number of halogens is 1. The minimum absolute atomic E-state index is 0.222. The van der Waals surface area contributed by atoms with Crippen LogP contribution in [-0.2, 0) is 13.1 Å². The number of nitrogens with zero attached hydrogens (tertiary/aromatic N) is 2. The van der Waals surface area contributed by atoms with E-state index in [1.807, 2.05) is 10.8 Å². The summed E-state index contributed by atoms with van der Waals surface area (Å²) in [6, 6.07) is 5.82. The van der Waals surface area contributed by atoms with Gasteiger partial charge in [-0.05, 0) is 24.1 Å². The number of rotatable bonds is 6. The van der Waals surface area contributed by atoms with Gasteiger partial charge in [0.2, 0.25) is 0 Å². The second-order valence-corrected chi connectivity index (χ2v) is 4.39. The molecule has 2 rings (SSSR count). The Morgan fingerprint density at radius 1 is 1.25 bits per heavy atom. The van der Waals surface area contributed by atoms with Crippen LogP contribution in [0.25, 0.3) is 0 Å². The normalized spacial score (nSPS) is 10.2. The second-order valence-electron chi connectivity index (χ2n) is 4.39. The van der Waals surface area contributed by atoms with E-state index in [1.165, 1.54) is 12.1 Å². The molecule has 5 nitrogen and oxygen atoms in total. The molecule has 1 aromatic carbocycles. The smallest absolute Gasteiger partial charge is 0.315 e. The molecule has 20 heavy (non-hydrogen) atoms. The van der Waals surface area contributed by atoms with E-state index in [9.17, 15) is 9.18 Å². The molecule has 6 heteroatoms. The number of carbonyl (C=O) groups is 1. The Hall–Kier alpha value is -2.37. The number of benzene rings is 1. The van der Waals surface area contributed by atoms with Crippen LogP contribution < -0.4 is 10.6 Å². The van der Waals surface area contributed by atoms with Gasteiger partial charge in [-0.3, -0.25) is 0 Å². The zero-order chi connectivity index (χ0) is 14.2. The molecule has 0 saturated heterocycles. The number of nitrogens with one attached hydrogen (secondary N) is 2. The fraction of sp³-hybridized carbons (Fsp3) is 0.286. The van der Waals surface area contributed by atoms with E-state index in [0.29, 0.717) is 13.1 Å². The lowest BCUT2D eigenvalue weighted by molar-refractivity contribution is 0.240. The van der Waals surface area contributed by atoms with E-state index in [0.717, 1.165) is 18.5 Å². The third-order valence-corrected chi connectivity index (χ3v) is 2.80. The molecule has 2 N–H and O–H groups in total. The highest BCUT2D eigenvalue weighted by Crippen LogP contribution is 2.01. The molecule has 1 aromatic heterocycles. The molecule has 0 spiro atoms. The first-order chi connectivity index (χ1) is 9.74. The molecular formula is C14H17FN4O. The lowest BCUT2D eigenvalue weighted by Crippen LogP contribution is -2.35. The molecule has 106 valence electrons. The van der Waals surface area contributed by atoms with Crippen molar-refractivity contribution in [3.8, 4) is 0 Å². The first kappa shape index (κ1) is 14.0. The van der Waals surface area contributed by atoms with Crippen LogP contribution in [0.15, 0.2) is 43.0 Å². The molecule has 0 aliphatic carbocycles. The molecule has 0 unspecified atom stereocenters. The van der Waals surface area contributed by atoms with Gasteiger partial charge in [-0.15, -0.1) is 0 Å². The zero-order valence-electron chi connectivity index (χ0n) is 11.1. The van der Waals surface area contributed by atoms with Crippen molar-refractivity contribution in [2.24, 2.45) is 0 Å². The number of hydrogen-bond donors (Lipinski definition) is 2. The average Bonchev–Trinajstić information content (AvgIpc) is 2.96. The largest absolute Gasteiger partial charge is 0.338 e. The Morgan fingerprint density at radius 3 is 2.75 bits per heavy atom. The summed E-state index contributed by atoms with van der Waals surface area (Å²) in [5.74, 6) is -0.280. The molecule has 0 bridgehead atoms. The summed E-state index contributed by atoms with van der Waals surface area (Å²) >= 11 is 0. The summed E-state index contributed by atoms with van der Waals surface area (Å²) in [4.78, 5) is 15.5. The highest BCUT2D eigenvalue weighted by Gasteiger charge is 2.00. The number of aromatic nitrogens is 2. The van der Waals surface area contributed by atoms with Crippen LogP contribution in [-0.4, -0.2) is 22.1 Å². The maximum atomic E-state index is 12.7. The molecule has 1 heterocycles. The average molecular weight is 276 g/mol. The van der Waals surface area contributed by atoms with E-state index >= 15 is 0 Å². The monoisotopic (exact) mass is 276 g/mol. The molecule has 0 radical (unpaired) electrons. The maximum absolute atomic E-state index is 12.7. The van der Waals surface area contributed by atoms with Crippen LogP contribution in [0.3, 0.4) is 0 Å². The number of aryl methyl sites for hydroxylation is 1. The highest BCUT2D eigenvalue weighted by molar-refractivity contribution is 5.73. The summed E-state index contributed by atoms with van der Waals surface area (Å²) in [6.45, 7) is 1.79. The van der Waals surface area contributed by atoms with E-state index in [2.05, 4.69) is 15.6 Å². The van der Waals surface area contributed by atoms with Crippen molar-refractivity contribution >= 4 is 6.03 Å². The van der Waals surface area contributed by atoms with Crippen molar-refractivity contribution < 1.29 is 9.18 Å². The highest BCUT2D eigenvalue weighted by atomic mass is 19.1. The van der Waals surface area contributed by atoms with Gasteiger partial charge in [-0.2, -0.15) is 0 Å². The van der Waals surface area contributed by atoms with Gasteiger partial charge in [0, 0.05) is 32.0 Å². The lowest BCUT2D eigenvalue weighted by atomic mass is 10.2. The van der Waals surface area contributed by atoms with Gasteiger partial charge in [-0.1, -0.05) is 12.1 Å². The first-order valence-corrected chi connectivity index (χ1v) is 6.46. The van der Waals surface area contributed by atoms with Crippen LogP contribution in [0.5, 0.6) is 0 Å². The van der Waals surface area contributed by atoms with E-state index in [4.69, 9.17) is 0 Å². The Morgan fingerprint density at radius 2 is 2.05 bits per heavy atom. The van der Waals surface area contributed by atoms with E-state index < -0.39 is 0 Å². The van der Waals surface area contributed by atoms with Gasteiger partial charge in [0.15, 0.2) is 0 Å². The topological polar surface area (TPSA) is 59.0 Å². The number of carbonyl (C=O) groups excluding carboxylic acids is 1. The molecule has 2 amide bonds. The molecule has 0 aliphatic rings. The van der Waals surface area contributed by atoms with Crippen molar-refractivity contribution in [2.75, 3.05) is 6.54 Å².